The van der Waals surface area contributed by atoms with Crippen molar-refractivity contribution in [2.75, 3.05) is 0 Å². The predicted octanol–water partition coefficient (Wildman–Crippen LogP) is 6.62. The molecule has 6 nitrogen and oxygen atoms in total. The van der Waals surface area contributed by atoms with E-state index < -0.39 is 20.2 Å². The zero-order chi connectivity index (χ0) is 24.5. The van der Waals surface area contributed by atoms with Crippen LogP contribution in [0.3, 0.4) is 0 Å². The van der Waals surface area contributed by atoms with Gasteiger partial charge in [-0.25, -0.2) is 0 Å². The molecule has 4 rings (SSSR count). The minimum Gasteiger partial charge on any atom is -0.379 e. The zero-order valence-electron chi connectivity index (χ0n) is 18.7. The second-order valence-electron chi connectivity index (χ2n) is 9.08. The van der Waals surface area contributed by atoms with Gasteiger partial charge in [0.1, 0.15) is 10.6 Å². The fourth-order valence-corrected chi connectivity index (χ4v) is 9.95. The van der Waals surface area contributed by atoms with E-state index >= 15 is 0 Å². The molecule has 2 aliphatic rings. The molecule has 186 valence electrons. The maximum absolute atomic E-state index is 13.7. The molecule has 0 spiro atoms. The predicted molar refractivity (Wildman–Crippen MR) is 148 cm³/mol. The van der Waals surface area contributed by atoms with Crippen LogP contribution in [0.5, 0.6) is 5.75 Å². The quantitative estimate of drug-likeness (QED) is 0.211. The standard InChI is InChI=1S/C24H28I2O6S2/c25-17-14-20(26)24(16-8-4-3-5-9-16)23(15-17)34(30,31)32-21-12-13-22(33(27,28)29)19-11-7-2-1-6-10-18(19)21/h12-16H,1-11H2,(H,27,28,29). The first kappa shape index (κ1) is 26.6. The van der Waals surface area contributed by atoms with Gasteiger partial charge in [0.05, 0.1) is 4.90 Å². The third-order valence-corrected chi connectivity index (χ3v) is 10.5. The van der Waals surface area contributed by atoms with Crippen LogP contribution in [-0.4, -0.2) is 21.4 Å². The van der Waals surface area contributed by atoms with Gasteiger partial charge >= 0.3 is 10.1 Å². The van der Waals surface area contributed by atoms with Crippen molar-refractivity contribution in [1.82, 2.24) is 0 Å². The van der Waals surface area contributed by atoms with Gasteiger partial charge in [0.15, 0.2) is 0 Å². The average Bonchev–Trinajstić information content (AvgIpc) is 2.73. The average molecular weight is 730 g/mol. The van der Waals surface area contributed by atoms with Gasteiger partial charge in [-0.15, -0.1) is 0 Å². The first-order valence-corrected chi connectivity index (χ1v) is 16.6. The first-order valence-electron chi connectivity index (χ1n) is 11.6. The minimum atomic E-state index is -4.42. The summed E-state index contributed by atoms with van der Waals surface area (Å²) in [4.78, 5) is 0.0509. The number of hydrogen-bond acceptors (Lipinski definition) is 5. The lowest BCUT2D eigenvalue weighted by Gasteiger charge is -2.26. The van der Waals surface area contributed by atoms with Crippen molar-refractivity contribution in [1.29, 1.82) is 0 Å². The van der Waals surface area contributed by atoms with Crippen LogP contribution >= 0.6 is 45.2 Å². The van der Waals surface area contributed by atoms with Crippen LogP contribution in [0.25, 0.3) is 0 Å². The molecule has 0 bridgehead atoms. The van der Waals surface area contributed by atoms with Crippen LogP contribution < -0.4 is 4.18 Å². The van der Waals surface area contributed by atoms with E-state index in [-0.39, 0.29) is 21.5 Å². The molecule has 1 saturated carbocycles. The Kier molecular flexibility index (Phi) is 8.53. The summed E-state index contributed by atoms with van der Waals surface area (Å²) in [6.07, 6.45) is 9.70. The van der Waals surface area contributed by atoms with Gasteiger partial charge in [0.25, 0.3) is 10.1 Å². The third kappa shape index (κ3) is 5.92. The lowest BCUT2D eigenvalue weighted by Crippen LogP contribution is -2.18. The number of rotatable bonds is 5. The fraction of sp³-hybridized carbons (Fsp3) is 0.500. The van der Waals surface area contributed by atoms with Crippen molar-refractivity contribution in [3.63, 3.8) is 0 Å². The summed E-state index contributed by atoms with van der Waals surface area (Å²) < 4.78 is 68.7. The Morgan fingerprint density at radius 3 is 2.06 bits per heavy atom. The fourth-order valence-electron chi connectivity index (χ4n) is 5.19. The molecular weight excluding hydrogens is 702 g/mol. The van der Waals surface area contributed by atoms with Gasteiger partial charge in [0, 0.05) is 12.7 Å². The summed E-state index contributed by atoms with van der Waals surface area (Å²) in [5.74, 6) is 0.335. The summed E-state index contributed by atoms with van der Waals surface area (Å²) in [6.45, 7) is 0. The van der Waals surface area contributed by atoms with E-state index in [1.54, 1.807) is 6.07 Å². The molecule has 0 radical (unpaired) electrons. The van der Waals surface area contributed by atoms with E-state index in [1.807, 2.05) is 6.07 Å². The van der Waals surface area contributed by atoms with E-state index in [0.29, 0.717) is 24.0 Å². The van der Waals surface area contributed by atoms with Crippen LogP contribution in [0.2, 0.25) is 0 Å². The summed E-state index contributed by atoms with van der Waals surface area (Å²) >= 11 is 4.35. The lowest BCUT2D eigenvalue weighted by atomic mass is 9.84. The van der Waals surface area contributed by atoms with Crippen molar-refractivity contribution >= 4 is 65.4 Å². The topological polar surface area (TPSA) is 97.7 Å². The van der Waals surface area contributed by atoms with Gasteiger partial charge < -0.3 is 4.18 Å². The maximum Gasteiger partial charge on any atom is 0.339 e. The van der Waals surface area contributed by atoms with Crippen LogP contribution in [0.4, 0.5) is 0 Å². The van der Waals surface area contributed by atoms with Crippen molar-refractivity contribution in [3.8, 4) is 5.75 Å². The highest BCUT2D eigenvalue weighted by Crippen LogP contribution is 2.41. The molecule has 34 heavy (non-hydrogen) atoms. The molecule has 0 aromatic heterocycles. The number of halogens is 2. The van der Waals surface area contributed by atoms with E-state index in [1.165, 1.54) is 18.6 Å². The van der Waals surface area contributed by atoms with Gasteiger partial charge in [-0.05, 0) is 125 Å². The monoisotopic (exact) mass is 730 g/mol. The Morgan fingerprint density at radius 1 is 0.794 bits per heavy atom. The van der Waals surface area contributed by atoms with Crippen molar-refractivity contribution in [2.24, 2.45) is 0 Å². The second kappa shape index (κ2) is 10.9. The molecule has 0 unspecified atom stereocenters. The largest absolute Gasteiger partial charge is 0.379 e. The van der Waals surface area contributed by atoms with E-state index in [4.69, 9.17) is 4.18 Å². The van der Waals surface area contributed by atoms with E-state index in [9.17, 15) is 21.4 Å². The normalized spacial score (nSPS) is 18.1. The van der Waals surface area contributed by atoms with Crippen molar-refractivity contribution in [2.45, 2.75) is 86.3 Å². The van der Waals surface area contributed by atoms with Crippen molar-refractivity contribution in [3.05, 3.63) is 48.1 Å². The number of hydrogen-bond donors (Lipinski definition) is 1. The van der Waals surface area contributed by atoms with Crippen LogP contribution in [0, 0.1) is 7.14 Å². The molecule has 0 heterocycles. The molecular formula is C24H28I2O6S2. The van der Waals surface area contributed by atoms with Crippen molar-refractivity contribution < 1.29 is 25.6 Å². The molecule has 1 N–H and O–H groups in total. The highest BCUT2D eigenvalue weighted by Gasteiger charge is 2.31. The Bertz CT molecular complexity index is 1280. The second-order valence-corrected chi connectivity index (χ2v) is 14.4. The highest BCUT2D eigenvalue weighted by atomic mass is 127. The van der Waals surface area contributed by atoms with E-state index in [2.05, 4.69) is 45.2 Å². The molecule has 0 amide bonds. The summed E-state index contributed by atoms with van der Waals surface area (Å²) in [6, 6.07) is 6.32. The number of benzene rings is 2. The van der Waals surface area contributed by atoms with Gasteiger partial charge in [-0.3, -0.25) is 4.55 Å². The molecule has 2 aromatic rings. The Morgan fingerprint density at radius 2 is 1.41 bits per heavy atom. The van der Waals surface area contributed by atoms with E-state index in [0.717, 1.165) is 64.1 Å². The maximum atomic E-state index is 13.7. The highest BCUT2D eigenvalue weighted by molar-refractivity contribution is 14.1. The molecule has 0 atom stereocenters. The SMILES string of the molecule is O=S(=O)(O)c1ccc(OS(=O)(=O)c2cc(I)cc(I)c2C2CCCCC2)c2c1CCCCCC2. The summed E-state index contributed by atoms with van der Waals surface area (Å²) in [5, 5.41) is 0. The molecule has 2 aliphatic carbocycles. The molecule has 2 aromatic carbocycles. The van der Waals surface area contributed by atoms with Crippen LogP contribution in [-0.2, 0) is 33.1 Å². The molecule has 0 saturated heterocycles. The van der Waals surface area contributed by atoms with Gasteiger partial charge in [-0.2, -0.15) is 16.8 Å². The zero-order valence-corrected chi connectivity index (χ0v) is 24.7. The first-order chi connectivity index (χ1) is 16.1. The molecule has 1 fully saturated rings. The van der Waals surface area contributed by atoms with Gasteiger partial charge in [-0.1, -0.05) is 32.1 Å². The number of fused-ring (bicyclic) bond motifs is 1. The summed E-state index contributed by atoms with van der Waals surface area (Å²) in [5.41, 5.74) is 1.87. The molecule has 0 aliphatic heterocycles. The van der Waals surface area contributed by atoms with Gasteiger partial charge in [0.2, 0.25) is 0 Å². The lowest BCUT2D eigenvalue weighted by molar-refractivity contribution is 0.432. The van der Waals surface area contributed by atoms with Crippen LogP contribution in [0.1, 0.15) is 80.4 Å². The third-order valence-electron chi connectivity index (χ3n) is 6.77. The Hall–Kier alpha value is -0.440. The molecule has 10 heteroatoms. The summed E-state index contributed by atoms with van der Waals surface area (Å²) in [7, 11) is -8.59. The van der Waals surface area contributed by atoms with Crippen LogP contribution in [0.15, 0.2) is 34.1 Å². The Balaban J connectivity index is 1.81. The smallest absolute Gasteiger partial charge is 0.339 e. The minimum absolute atomic E-state index is 0.152. The Labute approximate surface area is 229 Å².